The van der Waals surface area contributed by atoms with Gasteiger partial charge in [-0.3, -0.25) is 9.88 Å². The van der Waals surface area contributed by atoms with Gasteiger partial charge in [0.05, 0.1) is 7.11 Å². The highest BCUT2D eigenvalue weighted by Gasteiger charge is 2.12. The molecular weight excluding hydrogens is 402 g/mol. The molecule has 0 fully saturated rings. The standard InChI is InChI=1S/C26H33N3O3/c1-29(18-22-7-4-3-5-8-22)19-24(30)20-32-26-15-23(10-11-25(26)31-2)17-28-14-12-21-9-6-13-27-16-21/h3-11,13,15-16,24,28,30H,12,14,17-20H2,1-2H3. The van der Waals surface area contributed by atoms with Gasteiger partial charge in [-0.15, -0.1) is 0 Å². The van der Waals surface area contributed by atoms with Gasteiger partial charge in [0.15, 0.2) is 11.5 Å². The number of aliphatic hydroxyl groups excluding tert-OH is 1. The molecule has 0 spiro atoms. The maximum atomic E-state index is 10.4. The summed E-state index contributed by atoms with van der Waals surface area (Å²) in [6.45, 7) is 3.09. The van der Waals surface area contributed by atoms with Crippen molar-refractivity contribution in [1.82, 2.24) is 15.2 Å². The number of hydrogen-bond donors (Lipinski definition) is 2. The Kier molecular flexibility index (Phi) is 9.50. The lowest BCUT2D eigenvalue weighted by Crippen LogP contribution is -2.32. The van der Waals surface area contributed by atoms with Gasteiger partial charge in [0.2, 0.25) is 0 Å². The average molecular weight is 436 g/mol. The zero-order chi connectivity index (χ0) is 22.6. The third kappa shape index (κ3) is 7.96. The van der Waals surface area contributed by atoms with Crippen molar-refractivity contribution in [3.8, 4) is 11.5 Å². The number of ether oxygens (including phenoxy) is 2. The van der Waals surface area contributed by atoms with Crippen molar-refractivity contribution in [3.63, 3.8) is 0 Å². The molecule has 0 amide bonds. The number of pyridine rings is 1. The quantitative estimate of drug-likeness (QED) is 0.402. The summed E-state index contributed by atoms with van der Waals surface area (Å²) in [6.07, 6.45) is 4.00. The first-order valence-corrected chi connectivity index (χ1v) is 10.9. The van der Waals surface area contributed by atoms with E-state index in [9.17, 15) is 5.11 Å². The monoisotopic (exact) mass is 435 g/mol. The van der Waals surface area contributed by atoms with Gasteiger partial charge < -0.3 is 19.9 Å². The molecule has 0 aliphatic heterocycles. The largest absolute Gasteiger partial charge is 0.493 e. The van der Waals surface area contributed by atoms with E-state index in [0.29, 0.717) is 18.0 Å². The zero-order valence-electron chi connectivity index (χ0n) is 18.9. The molecule has 3 rings (SSSR count). The minimum Gasteiger partial charge on any atom is -0.493 e. The molecule has 6 heteroatoms. The Morgan fingerprint density at radius 2 is 1.81 bits per heavy atom. The Bertz CT molecular complexity index is 922. The van der Waals surface area contributed by atoms with Gasteiger partial charge in [-0.1, -0.05) is 42.5 Å². The fourth-order valence-corrected chi connectivity index (χ4v) is 3.51. The van der Waals surface area contributed by atoms with E-state index in [4.69, 9.17) is 9.47 Å². The summed E-state index contributed by atoms with van der Waals surface area (Å²) in [6, 6.07) is 20.1. The maximum absolute atomic E-state index is 10.4. The molecule has 1 heterocycles. The molecule has 0 aliphatic rings. The van der Waals surface area contributed by atoms with Gasteiger partial charge in [-0.25, -0.2) is 0 Å². The second-order valence-corrected chi connectivity index (χ2v) is 7.92. The molecule has 32 heavy (non-hydrogen) atoms. The number of aliphatic hydroxyl groups is 1. The van der Waals surface area contributed by atoms with E-state index in [-0.39, 0.29) is 6.61 Å². The minimum atomic E-state index is -0.602. The fraction of sp³-hybridized carbons (Fsp3) is 0.346. The van der Waals surface area contributed by atoms with Crippen LogP contribution in [0, 0.1) is 0 Å². The Morgan fingerprint density at radius 3 is 2.56 bits per heavy atom. The van der Waals surface area contributed by atoms with Gasteiger partial charge >= 0.3 is 0 Å². The second-order valence-electron chi connectivity index (χ2n) is 7.92. The van der Waals surface area contributed by atoms with Gasteiger partial charge in [0.1, 0.15) is 12.7 Å². The van der Waals surface area contributed by atoms with Gasteiger partial charge in [-0.2, -0.15) is 0 Å². The van der Waals surface area contributed by atoms with Crippen LogP contribution in [0.1, 0.15) is 16.7 Å². The second kappa shape index (κ2) is 12.8. The Labute approximate surface area is 190 Å². The molecule has 0 saturated heterocycles. The zero-order valence-corrected chi connectivity index (χ0v) is 18.9. The first-order valence-electron chi connectivity index (χ1n) is 10.9. The number of likely N-dealkylation sites (N-methyl/N-ethyl adjacent to an activating group) is 1. The van der Waals surface area contributed by atoms with Crippen LogP contribution in [0.4, 0.5) is 0 Å². The lowest BCUT2D eigenvalue weighted by molar-refractivity contribution is 0.0732. The van der Waals surface area contributed by atoms with Crippen LogP contribution in [0.25, 0.3) is 0 Å². The van der Waals surface area contributed by atoms with Crippen LogP contribution in [-0.2, 0) is 19.5 Å². The SMILES string of the molecule is COc1ccc(CNCCc2cccnc2)cc1OCC(O)CN(C)Cc1ccccc1. The Balaban J connectivity index is 1.45. The average Bonchev–Trinajstić information content (AvgIpc) is 2.82. The molecule has 2 aromatic carbocycles. The van der Waals surface area contributed by atoms with E-state index in [1.54, 1.807) is 13.3 Å². The van der Waals surface area contributed by atoms with Gasteiger partial charge in [0.25, 0.3) is 0 Å². The lowest BCUT2D eigenvalue weighted by atomic mass is 10.2. The highest BCUT2D eigenvalue weighted by atomic mass is 16.5. The lowest BCUT2D eigenvalue weighted by Gasteiger charge is -2.21. The summed E-state index contributed by atoms with van der Waals surface area (Å²) in [5.74, 6) is 1.30. The van der Waals surface area contributed by atoms with Crippen molar-refractivity contribution in [2.75, 3.05) is 33.9 Å². The summed E-state index contributed by atoms with van der Waals surface area (Å²) >= 11 is 0. The molecule has 0 aliphatic carbocycles. The van der Waals surface area contributed by atoms with Crippen molar-refractivity contribution >= 4 is 0 Å². The van der Waals surface area contributed by atoms with Crippen LogP contribution < -0.4 is 14.8 Å². The number of nitrogens with zero attached hydrogens (tertiary/aromatic N) is 2. The maximum Gasteiger partial charge on any atom is 0.161 e. The summed E-state index contributed by atoms with van der Waals surface area (Å²) in [5, 5.41) is 13.9. The van der Waals surface area contributed by atoms with E-state index in [0.717, 1.165) is 31.6 Å². The molecule has 170 valence electrons. The van der Waals surface area contributed by atoms with E-state index in [1.165, 1.54) is 11.1 Å². The van der Waals surface area contributed by atoms with Gasteiger partial charge in [-0.05, 0) is 54.9 Å². The smallest absolute Gasteiger partial charge is 0.161 e. The molecule has 0 saturated carbocycles. The van der Waals surface area contributed by atoms with Crippen LogP contribution >= 0.6 is 0 Å². The topological polar surface area (TPSA) is 66.8 Å². The van der Waals surface area contributed by atoms with E-state index in [1.807, 2.05) is 55.7 Å². The predicted octanol–water partition coefficient (Wildman–Crippen LogP) is 3.29. The molecular formula is C26H33N3O3. The molecule has 0 bridgehead atoms. The number of nitrogens with one attached hydrogen (secondary N) is 1. The molecule has 3 aromatic rings. The highest BCUT2D eigenvalue weighted by Crippen LogP contribution is 2.28. The van der Waals surface area contributed by atoms with Gasteiger partial charge in [0, 0.05) is 32.0 Å². The van der Waals surface area contributed by atoms with Crippen molar-refractivity contribution in [3.05, 3.63) is 89.7 Å². The summed E-state index contributed by atoms with van der Waals surface area (Å²) in [4.78, 5) is 6.23. The fourth-order valence-electron chi connectivity index (χ4n) is 3.51. The van der Waals surface area contributed by atoms with Crippen molar-refractivity contribution in [2.24, 2.45) is 0 Å². The van der Waals surface area contributed by atoms with E-state index in [2.05, 4.69) is 33.4 Å². The van der Waals surface area contributed by atoms with Crippen molar-refractivity contribution in [2.45, 2.75) is 25.6 Å². The third-order valence-electron chi connectivity index (χ3n) is 5.12. The number of rotatable bonds is 13. The van der Waals surface area contributed by atoms with Crippen molar-refractivity contribution in [1.29, 1.82) is 0 Å². The van der Waals surface area contributed by atoms with Crippen LogP contribution in [0.5, 0.6) is 11.5 Å². The van der Waals surface area contributed by atoms with Crippen LogP contribution in [-0.4, -0.2) is 54.9 Å². The number of benzene rings is 2. The Hall–Kier alpha value is -2.93. The first kappa shape index (κ1) is 23.7. The molecule has 1 unspecified atom stereocenters. The summed E-state index contributed by atoms with van der Waals surface area (Å²) in [7, 11) is 3.62. The Morgan fingerprint density at radius 1 is 1.00 bits per heavy atom. The van der Waals surface area contributed by atoms with Crippen LogP contribution in [0.2, 0.25) is 0 Å². The van der Waals surface area contributed by atoms with E-state index >= 15 is 0 Å². The van der Waals surface area contributed by atoms with Crippen molar-refractivity contribution < 1.29 is 14.6 Å². The number of methoxy groups -OCH3 is 1. The highest BCUT2D eigenvalue weighted by molar-refractivity contribution is 5.43. The normalized spacial score (nSPS) is 12.0. The number of aromatic nitrogens is 1. The summed E-state index contributed by atoms with van der Waals surface area (Å²) < 4.78 is 11.4. The first-order chi connectivity index (χ1) is 15.6. The minimum absolute atomic E-state index is 0.202. The van der Waals surface area contributed by atoms with E-state index < -0.39 is 6.10 Å². The molecule has 2 N–H and O–H groups in total. The number of hydrogen-bond acceptors (Lipinski definition) is 6. The molecule has 1 aromatic heterocycles. The predicted molar refractivity (Wildman–Crippen MR) is 127 cm³/mol. The van der Waals surface area contributed by atoms with Crippen LogP contribution in [0.15, 0.2) is 73.1 Å². The third-order valence-corrected chi connectivity index (χ3v) is 5.12. The summed E-state index contributed by atoms with van der Waals surface area (Å²) in [5.41, 5.74) is 3.53. The molecule has 1 atom stereocenters. The van der Waals surface area contributed by atoms with Crippen LogP contribution in [0.3, 0.4) is 0 Å². The molecule has 0 radical (unpaired) electrons. The molecule has 6 nitrogen and oxygen atoms in total.